The van der Waals surface area contributed by atoms with Gasteiger partial charge in [0.1, 0.15) is 0 Å². The van der Waals surface area contributed by atoms with Gasteiger partial charge >= 0.3 is 0 Å². The molecule has 0 heterocycles. The molecule has 0 saturated carbocycles. The third kappa shape index (κ3) is 4.82. The predicted molar refractivity (Wildman–Crippen MR) is 86.1 cm³/mol. The van der Waals surface area contributed by atoms with Crippen LogP contribution >= 0.6 is 11.6 Å². The summed E-state index contributed by atoms with van der Waals surface area (Å²) in [7, 11) is 0. The molecule has 2 unspecified atom stereocenters. The van der Waals surface area contributed by atoms with E-state index in [0.29, 0.717) is 18.3 Å². The zero-order chi connectivity index (χ0) is 15.2. The molecule has 0 bridgehead atoms. The molecular weight excluding hydrogens is 270 g/mol. The molecule has 1 rings (SSSR count). The highest BCUT2D eigenvalue weighted by molar-refractivity contribution is 6.18. The first-order valence-corrected chi connectivity index (χ1v) is 7.83. The lowest BCUT2D eigenvalue weighted by Gasteiger charge is -2.26. The summed E-state index contributed by atoms with van der Waals surface area (Å²) in [5.41, 5.74) is 1.01. The van der Waals surface area contributed by atoms with Crippen LogP contribution in [0.5, 0.6) is 0 Å². The number of hydrogen-bond acceptors (Lipinski definition) is 1. The summed E-state index contributed by atoms with van der Waals surface area (Å²) in [6.45, 7) is 8.97. The van der Waals surface area contributed by atoms with E-state index in [1.807, 2.05) is 30.3 Å². The van der Waals surface area contributed by atoms with E-state index in [1.165, 1.54) is 0 Å². The highest BCUT2D eigenvalue weighted by atomic mass is 35.5. The lowest BCUT2D eigenvalue weighted by atomic mass is 9.84. The molecule has 0 fully saturated rings. The average molecular weight is 296 g/mol. The monoisotopic (exact) mass is 295 g/mol. The Balaban J connectivity index is 2.82. The summed E-state index contributed by atoms with van der Waals surface area (Å²) in [5.74, 6) is 0.861. The van der Waals surface area contributed by atoms with Gasteiger partial charge in [0.25, 0.3) is 0 Å². The van der Waals surface area contributed by atoms with Crippen molar-refractivity contribution in [1.82, 2.24) is 5.32 Å². The van der Waals surface area contributed by atoms with Gasteiger partial charge < -0.3 is 5.32 Å². The van der Waals surface area contributed by atoms with Crippen LogP contribution in [0, 0.1) is 11.3 Å². The fourth-order valence-corrected chi connectivity index (χ4v) is 2.21. The molecule has 2 nitrogen and oxygen atoms in total. The quantitative estimate of drug-likeness (QED) is 0.751. The summed E-state index contributed by atoms with van der Waals surface area (Å²) in [6.07, 6.45) is 0.978. The molecule has 3 heteroatoms. The van der Waals surface area contributed by atoms with Crippen molar-refractivity contribution in [2.75, 3.05) is 12.4 Å². The van der Waals surface area contributed by atoms with Gasteiger partial charge in [-0.1, -0.05) is 64.4 Å². The first-order valence-electron chi connectivity index (χ1n) is 7.30. The molecule has 20 heavy (non-hydrogen) atoms. The Morgan fingerprint density at radius 1 is 1.30 bits per heavy atom. The van der Waals surface area contributed by atoms with Crippen LogP contribution < -0.4 is 5.32 Å². The minimum Gasteiger partial charge on any atom is -0.355 e. The first-order chi connectivity index (χ1) is 9.41. The van der Waals surface area contributed by atoms with Gasteiger partial charge in [-0.3, -0.25) is 4.79 Å². The molecule has 0 spiro atoms. The zero-order valence-electron chi connectivity index (χ0n) is 12.9. The first kappa shape index (κ1) is 17.0. The third-order valence-corrected chi connectivity index (χ3v) is 4.48. The molecular formula is C17H26ClNO. The van der Waals surface area contributed by atoms with Crippen molar-refractivity contribution in [2.24, 2.45) is 11.3 Å². The second-order valence-corrected chi connectivity index (χ2v) is 6.56. The molecule has 1 aromatic carbocycles. The molecule has 0 aliphatic carbocycles. The Labute approximate surface area is 127 Å². The maximum atomic E-state index is 12.6. The number of halogens is 1. The van der Waals surface area contributed by atoms with Gasteiger partial charge in [0.15, 0.2) is 0 Å². The molecule has 0 aliphatic rings. The smallest absolute Gasteiger partial charge is 0.227 e. The van der Waals surface area contributed by atoms with Crippen LogP contribution in [0.4, 0.5) is 0 Å². The van der Waals surface area contributed by atoms with E-state index >= 15 is 0 Å². The van der Waals surface area contributed by atoms with Crippen molar-refractivity contribution < 1.29 is 4.79 Å². The van der Waals surface area contributed by atoms with Crippen molar-refractivity contribution in [3.8, 4) is 0 Å². The molecule has 1 amide bonds. The molecule has 0 aliphatic heterocycles. The Kier molecular flexibility index (Phi) is 6.54. The predicted octanol–water partition coefficient (Wildman–Crippen LogP) is 4.20. The van der Waals surface area contributed by atoms with Crippen molar-refractivity contribution in [1.29, 1.82) is 0 Å². The van der Waals surface area contributed by atoms with E-state index in [1.54, 1.807) is 0 Å². The largest absolute Gasteiger partial charge is 0.355 e. The lowest BCUT2D eigenvalue weighted by Crippen LogP contribution is -2.39. The minimum absolute atomic E-state index is 0.0755. The van der Waals surface area contributed by atoms with Crippen LogP contribution in [0.3, 0.4) is 0 Å². The van der Waals surface area contributed by atoms with Crippen LogP contribution in [0.1, 0.15) is 45.6 Å². The van der Waals surface area contributed by atoms with Crippen LogP contribution in [0.15, 0.2) is 30.3 Å². The number of carbonyl (C=O) groups excluding carboxylic acids is 1. The van der Waals surface area contributed by atoms with Crippen molar-refractivity contribution in [3.05, 3.63) is 35.9 Å². The van der Waals surface area contributed by atoms with Gasteiger partial charge in [-0.15, -0.1) is 11.6 Å². The van der Waals surface area contributed by atoms with Crippen LogP contribution in [0.25, 0.3) is 0 Å². The SMILES string of the molecule is CCC(C)C(C(=O)NCC(C)(C)CCl)c1ccccc1. The molecule has 112 valence electrons. The summed E-state index contributed by atoms with van der Waals surface area (Å²) < 4.78 is 0. The number of hydrogen-bond donors (Lipinski definition) is 1. The number of benzene rings is 1. The second kappa shape index (κ2) is 7.68. The molecule has 2 atom stereocenters. The van der Waals surface area contributed by atoms with Crippen LogP contribution in [0.2, 0.25) is 0 Å². The fourth-order valence-electron chi connectivity index (χ4n) is 2.12. The van der Waals surface area contributed by atoms with Crippen LogP contribution in [-0.4, -0.2) is 18.3 Å². The van der Waals surface area contributed by atoms with Gasteiger partial charge in [0.2, 0.25) is 5.91 Å². The van der Waals surface area contributed by atoms with E-state index in [9.17, 15) is 4.79 Å². The Hall–Kier alpha value is -1.02. The number of carbonyl (C=O) groups is 1. The molecule has 1 aromatic rings. The van der Waals surface area contributed by atoms with E-state index in [2.05, 4.69) is 33.0 Å². The topological polar surface area (TPSA) is 29.1 Å². The third-order valence-electron chi connectivity index (χ3n) is 3.76. The maximum absolute atomic E-state index is 12.6. The summed E-state index contributed by atoms with van der Waals surface area (Å²) in [5, 5.41) is 3.06. The number of nitrogens with one attached hydrogen (secondary N) is 1. The van der Waals surface area contributed by atoms with Gasteiger partial charge in [0.05, 0.1) is 5.92 Å². The van der Waals surface area contributed by atoms with Gasteiger partial charge in [-0.2, -0.15) is 0 Å². The van der Waals surface area contributed by atoms with Crippen molar-refractivity contribution in [2.45, 2.75) is 40.0 Å². The molecule has 1 N–H and O–H groups in total. The Bertz CT molecular complexity index is 416. The van der Waals surface area contributed by atoms with Crippen LogP contribution in [-0.2, 0) is 4.79 Å². The van der Waals surface area contributed by atoms with E-state index in [-0.39, 0.29) is 17.2 Å². The number of rotatable bonds is 7. The van der Waals surface area contributed by atoms with E-state index in [4.69, 9.17) is 11.6 Å². The standard InChI is InChI=1S/C17H26ClNO/c1-5-13(2)15(14-9-7-6-8-10-14)16(20)19-12-17(3,4)11-18/h6-10,13,15H,5,11-12H2,1-4H3,(H,19,20). The van der Waals surface area contributed by atoms with Crippen molar-refractivity contribution >= 4 is 17.5 Å². The van der Waals surface area contributed by atoms with Gasteiger partial charge in [-0.25, -0.2) is 0 Å². The second-order valence-electron chi connectivity index (χ2n) is 6.29. The highest BCUT2D eigenvalue weighted by Gasteiger charge is 2.27. The Morgan fingerprint density at radius 3 is 2.40 bits per heavy atom. The van der Waals surface area contributed by atoms with E-state index in [0.717, 1.165) is 12.0 Å². The molecule has 0 saturated heterocycles. The van der Waals surface area contributed by atoms with Gasteiger partial charge in [-0.05, 0) is 16.9 Å². The summed E-state index contributed by atoms with van der Waals surface area (Å²) in [4.78, 5) is 12.6. The van der Waals surface area contributed by atoms with Crippen molar-refractivity contribution in [3.63, 3.8) is 0 Å². The highest BCUT2D eigenvalue weighted by Crippen LogP contribution is 2.27. The average Bonchev–Trinajstić information content (AvgIpc) is 2.46. The molecule has 0 aromatic heterocycles. The number of amides is 1. The Morgan fingerprint density at radius 2 is 1.90 bits per heavy atom. The normalized spacial score (nSPS) is 14.7. The maximum Gasteiger partial charge on any atom is 0.227 e. The molecule has 0 radical (unpaired) electrons. The lowest BCUT2D eigenvalue weighted by molar-refractivity contribution is -0.124. The zero-order valence-corrected chi connectivity index (χ0v) is 13.7. The minimum atomic E-state index is -0.0904. The fraction of sp³-hybridized carbons (Fsp3) is 0.588. The van der Waals surface area contributed by atoms with E-state index < -0.39 is 0 Å². The summed E-state index contributed by atoms with van der Waals surface area (Å²) in [6, 6.07) is 10.0. The summed E-state index contributed by atoms with van der Waals surface area (Å²) >= 11 is 5.91. The van der Waals surface area contributed by atoms with Gasteiger partial charge in [0, 0.05) is 12.4 Å². The number of alkyl halides is 1.